The van der Waals surface area contributed by atoms with Crippen LogP contribution in [-0.4, -0.2) is 41.6 Å². The summed E-state index contributed by atoms with van der Waals surface area (Å²) in [6.07, 6.45) is 2.28. The third kappa shape index (κ3) is 7.04. The van der Waals surface area contributed by atoms with Crippen LogP contribution in [0.15, 0.2) is 138 Å². The quantitative estimate of drug-likeness (QED) is 0.115. The SMILES string of the molecule is CCC(Sc1cccc(NC(=O)/C(=C\c2ccc(N(C)C)cc2)NC(=O)c2ccccc2)c1)C(=O)n1c2ccccc2c2ccccc21. The monoisotopic (exact) mass is 652 g/mol. The maximum Gasteiger partial charge on any atom is 0.272 e. The van der Waals surface area contributed by atoms with E-state index >= 15 is 0 Å². The van der Waals surface area contributed by atoms with Crippen molar-refractivity contribution in [3.05, 3.63) is 144 Å². The van der Waals surface area contributed by atoms with E-state index in [4.69, 9.17) is 0 Å². The van der Waals surface area contributed by atoms with Crippen molar-refractivity contribution < 1.29 is 14.4 Å². The van der Waals surface area contributed by atoms with Crippen molar-refractivity contribution in [2.24, 2.45) is 0 Å². The van der Waals surface area contributed by atoms with E-state index in [1.54, 1.807) is 36.4 Å². The van der Waals surface area contributed by atoms with E-state index in [2.05, 4.69) is 10.6 Å². The van der Waals surface area contributed by atoms with Gasteiger partial charge < -0.3 is 15.5 Å². The van der Waals surface area contributed by atoms with Crippen molar-refractivity contribution >= 4 is 68.7 Å². The van der Waals surface area contributed by atoms with Crippen LogP contribution in [0.2, 0.25) is 0 Å². The number of hydrogen-bond acceptors (Lipinski definition) is 5. The molecule has 7 nitrogen and oxygen atoms in total. The lowest BCUT2D eigenvalue weighted by molar-refractivity contribution is -0.113. The van der Waals surface area contributed by atoms with Crippen LogP contribution < -0.4 is 15.5 Å². The first-order valence-corrected chi connectivity index (χ1v) is 16.7. The molecule has 8 heteroatoms. The van der Waals surface area contributed by atoms with Gasteiger partial charge in [-0.25, -0.2) is 0 Å². The smallest absolute Gasteiger partial charge is 0.272 e. The number of aromatic nitrogens is 1. The van der Waals surface area contributed by atoms with Gasteiger partial charge in [-0.05, 0) is 72.7 Å². The minimum absolute atomic E-state index is 0.00321. The topological polar surface area (TPSA) is 83.4 Å². The Morgan fingerprint density at radius 2 is 1.40 bits per heavy atom. The number of rotatable bonds is 10. The van der Waals surface area contributed by atoms with Crippen LogP contribution in [0.4, 0.5) is 11.4 Å². The molecule has 48 heavy (non-hydrogen) atoms. The van der Waals surface area contributed by atoms with Gasteiger partial charge in [0.1, 0.15) is 5.70 Å². The van der Waals surface area contributed by atoms with Crippen molar-refractivity contribution in [1.29, 1.82) is 0 Å². The number of anilines is 2. The molecule has 0 aliphatic heterocycles. The number of thioether (sulfide) groups is 1. The first-order valence-electron chi connectivity index (χ1n) is 15.8. The number of amides is 2. The molecule has 6 aromatic rings. The van der Waals surface area contributed by atoms with E-state index in [0.29, 0.717) is 17.7 Å². The Hall–Kier alpha value is -5.60. The molecule has 0 saturated heterocycles. The van der Waals surface area contributed by atoms with Gasteiger partial charge in [0.15, 0.2) is 0 Å². The molecular formula is C40H36N4O3S. The van der Waals surface area contributed by atoms with E-state index < -0.39 is 5.91 Å². The van der Waals surface area contributed by atoms with E-state index in [9.17, 15) is 14.4 Å². The fourth-order valence-electron chi connectivity index (χ4n) is 5.60. The van der Waals surface area contributed by atoms with E-state index in [1.165, 1.54) is 11.8 Å². The Labute approximate surface area is 284 Å². The molecule has 6 rings (SSSR count). The Morgan fingerprint density at radius 1 is 0.771 bits per heavy atom. The van der Waals surface area contributed by atoms with Gasteiger partial charge in [-0.1, -0.05) is 79.7 Å². The van der Waals surface area contributed by atoms with Gasteiger partial charge in [0.25, 0.3) is 11.8 Å². The average Bonchev–Trinajstić information content (AvgIpc) is 3.45. The largest absolute Gasteiger partial charge is 0.378 e. The van der Waals surface area contributed by atoms with Crippen LogP contribution in [0.5, 0.6) is 0 Å². The number of carbonyl (C=O) groups excluding carboxylic acids is 3. The molecule has 0 aliphatic carbocycles. The molecule has 0 radical (unpaired) electrons. The van der Waals surface area contributed by atoms with E-state index in [0.717, 1.165) is 38.0 Å². The molecule has 0 spiro atoms. The summed E-state index contributed by atoms with van der Waals surface area (Å²) in [6.45, 7) is 2.01. The van der Waals surface area contributed by atoms with Crippen LogP contribution >= 0.6 is 11.8 Å². The van der Waals surface area contributed by atoms with Gasteiger partial charge in [0.2, 0.25) is 5.91 Å². The lowest BCUT2D eigenvalue weighted by Crippen LogP contribution is -2.30. The summed E-state index contributed by atoms with van der Waals surface area (Å²) in [4.78, 5) is 43.7. The first-order chi connectivity index (χ1) is 23.3. The Kier molecular flexibility index (Phi) is 9.73. The minimum atomic E-state index is -0.466. The molecule has 0 fully saturated rings. The number of benzene rings is 5. The molecule has 240 valence electrons. The molecule has 2 N–H and O–H groups in total. The van der Waals surface area contributed by atoms with Crippen molar-refractivity contribution in [3.8, 4) is 0 Å². The highest BCUT2D eigenvalue weighted by Crippen LogP contribution is 2.33. The van der Waals surface area contributed by atoms with E-state index in [1.807, 2.05) is 128 Å². The lowest BCUT2D eigenvalue weighted by Gasteiger charge is -2.17. The van der Waals surface area contributed by atoms with Crippen LogP contribution in [-0.2, 0) is 4.79 Å². The number of nitrogens with one attached hydrogen (secondary N) is 2. The van der Waals surface area contributed by atoms with Gasteiger partial charge in [-0.15, -0.1) is 11.8 Å². The van der Waals surface area contributed by atoms with Gasteiger partial charge in [-0.3, -0.25) is 19.0 Å². The summed E-state index contributed by atoms with van der Waals surface area (Å²) in [5.41, 5.74) is 4.64. The molecule has 1 aromatic heterocycles. The molecule has 0 bridgehead atoms. The van der Waals surface area contributed by atoms with Gasteiger partial charge in [-0.2, -0.15) is 0 Å². The molecule has 2 amide bonds. The third-order valence-electron chi connectivity index (χ3n) is 8.07. The summed E-state index contributed by atoms with van der Waals surface area (Å²) in [6, 6.07) is 39.8. The number of hydrogen-bond donors (Lipinski definition) is 2. The number of para-hydroxylation sites is 2. The number of fused-ring (bicyclic) bond motifs is 3. The molecule has 1 heterocycles. The molecule has 1 atom stereocenters. The second-order valence-electron chi connectivity index (χ2n) is 11.6. The molecule has 0 saturated carbocycles. The average molecular weight is 653 g/mol. The minimum Gasteiger partial charge on any atom is -0.378 e. The molecule has 0 aliphatic rings. The zero-order valence-electron chi connectivity index (χ0n) is 27.0. The van der Waals surface area contributed by atoms with Crippen LogP contribution in [0.1, 0.15) is 34.1 Å². The highest BCUT2D eigenvalue weighted by atomic mass is 32.2. The zero-order valence-corrected chi connectivity index (χ0v) is 27.8. The first kappa shape index (κ1) is 32.3. The lowest BCUT2D eigenvalue weighted by atomic mass is 10.1. The van der Waals surface area contributed by atoms with E-state index in [-0.39, 0.29) is 22.8 Å². The third-order valence-corrected chi connectivity index (χ3v) is 9.41. The summed E-state index contributed by atoms with van der Waals surface area (Å²) in [5.74, 6) is -0.851. The van der Waals surface area contributed by atoms with Gasteiger partial charge in [0.05, 0.1) is 16.3 Å². The standard InChI is InChI=1S/C40H36N4O3S/c1-4-37(40(47)44-35-19-10-8-17-32(35)33-18-9-11-20-36(33)44)48-31-16-12-15-29(26-31)41-39(46)34(42-38(45)28-13-6-5-7-14-28)25-27-21-23-30(24-22-27)43(2)3/h5-26,37H,4H2,1-3H3,(H,41,46)(H,42,45)/b34-25+. The fraction of sp³-hybridized carbons (Fsp3) is 0.125. The fourth-order valence-corrected chi connectivity index (χ4v) is 6.65. The Morgan fingerprint density at radius 3 is 2.02 bits per heavy atom. The molecule has 5 aromatic carbocycles. The summed E-state index contributed by atoms with van der Waals surface area (Å²) >= 11 is 1.47. The predicted octanol–water partition coefficient (Wildman–Crippen LogP) is 8.48. The van der Waals surface area contributed by atoms with Crippen LogP contribution in [0.3, 0.4) is 0 Å². The molecular weight excluding hydrogens is 617 g/mol. The zero-order chi connectivity index (χ0) is 33.6. The van der Waals surface area contributed by atoms with Crippen molar-refractivity contribution in [2.75, 3.05) is 24.3 Å². The van der Waals surface area contributed by atoms with Crippen LogP contribution in [0, 0.1) is 0 Å². The van der Waals surface area contributed by atoms with Gasteiger partial charge in [0, 0.05) is 46.7 Å². The number of nitrogens with zero attached hydrogens (tertiary/aromatic N) is 2. The highest BCUT2D eigenvalue weighted by Gasteiger charge is 2.24. The number of carbonyl (C=O) groups is 3. The second-order valence-corrected chi connectivity index (χ2v) is 12.8. The Balaban J connectivity index is 1.24. The predicted molar refractivity (Wildman–Crippen MR) is 198 cm³/mol. The van der Waals surface area contributed by atoms with Crippen molar-refractivity contribution in [3.63, 3.8) is 0 Å². The highest BCUT2D eigenvalue weighted by molar-refractivity contribution is 8.00. The maximum absolute atomic E-state index is 14.1. The Bertz CT molecular complexity index is 2080. The normalized spacial score (nSPS) is 12.1. The van der Waals surface area contributed by atoms with Crippen molar-refractivity contribution in [1.82, 2.24) is 9.88 Å². The van der Waals surface area contributed by atoms with Crippen LogP contribution in [0.25, 0.3) is 27.9 Å². The summed E-state index contributed by atoms with van der Waals surface area (Å²) < 4.78 is 1.83. The van der Waals surface area contributed by atoms with Gasteiger partial charge >= 0.3 is 0 Å². The second kappa shape index (κ2) is 14.4. The van der Waals surface area contributed by atoms with Crippen molar-refractivity contribution in [2.45, 2.75) is 23.5 Å². The summed E-state index contributed by atoms with van der Waals surface area (Å²) in [7, 11) is 3.92. The summed E-state index contributed by atoms with van der Waals surface area (Å²) in [5, 5.41) is 7.48. The maximum atomic E-state index is 14.1. The molecule has 1 unspecified atom stereocenters.